The number of aliphatic imine (C=N–C) groups is 1. The Hall–Kier alpha value is -0.790. The first-order valence-corrected chi connectivity index (χ1v) is 3.54. The van der Waals surface area contributed by atoms with E-state index in [1.54, 1.807) is 0 Å². The molecular weight excluding hydrogens is 124 g/mol. The van der Waals surface area contributed by atoms with Crippen LogP contribution in [-0.2, 0) is 0 Å². The Bertz CT molecular complexity index is 114. The summed E-state index contributed by atoms with van der Waals surface area (Å²) in [5.74, 6) is 0. The molecule has 0 radical (unpaired) electrons. The number of allylic oxidation sites excluding steroid dienone is 2. The van der Waals surface area contributed by atoms with Gasteiger partial charge in [-0.05, 0) is 20.6 Å². The first-order chi connectivity index (χ1) is 4.72. The van der Waals surface area contributed by atoms with E-state index in [4.69, 9.17) is 0 Å². The van der Waals surface area contributed by atoms with E-state index in [-0.39, 0.29) is 0 Å². The molecule has 0 fully saturated rings. The molecule has 0 heterocycles. The van der Waals surface area contributed by atoms with Crippen molar-refractivity contribution in [3.05, 3.63) is 11.4 Å². The normalized spacial score (nSPS) is 10.5. The van der Waals surface area contributed by atoms with Gasteiger partial charge in [0.25, 0.3) is 0 Å². The number of hydrogen-bond acceptors (Lipinski definition) is 2. The van der Waals surface area contributed by atoms with Gasteiger partial charge in [-0.1, -0.05) is 13.8 Å². The molecule has 0 atom stereocenters. The van der Waals surface area contributed by atoms with E-state index in [2.05, 4.69) is 17.0 Å². The number of hydrogen-bond donors (Lipinski definition) is 1. The summed E-state index contributed by atoms with van der Waals surface area (Å²) in [6.07, 6.45) is 0. The summed E-state index contributed by atoms with van der Waals surface area (Å²) in [5, 5.41) is 2.96. The summed E-state index contributed by atoms with van der Waals surface area (Å²) >= 11 is 0. The zero-order chi connectivity index (χ0) is 8.57. The Labute approximate surface area is 64.1 Å². The molecule has 0 saturated heterocycles. The predicted molar refractivity (Wildman–Crippen MR) is 48.3 cm³/mol. The van der Waals surface area contributed by atoms with E-state index in [9.17, 15) is 0 Å². The molecule has 0 aromatic carbocycles. The van der Waals surface area contributed by atoms with Crippen molar-refractivity contribution in [2.45, 2.75) is 27.7 Å². The molecule has 2 heteroatoms. The van der Waals surface area contributed by atoms with E-state index >= 15 is 0 Å². The van der Waals surface area contributed by atoms with Gasteiger partial charge >= 0.3 is 0 Å². The van der Waals surface area contributed by atoms with Crippen molar-refractivity contribution < 1.29 is 0 Å². The minimum Gasteiger partial charge on any atom is -0.390 e. The SMILES string of the molecule is C=N/C(C)=C(/C)NC.CC. The maximum Gasteiger partial charge on any atom is 0.0551 e. The van der Waals surface area contributed by atoms with Gasteiger partial charge in [-0.2, -0.15) is 0 Å². The lowest BCUT2D eigenvalue weighted by Gasteiger charge is -1.98. The molecule has 0 aliphatic heterocycles. The Morgan fingerprint density at radius 3 is 1.80 bits per heavy atom. The first-order valence-electron chi connectivity index (χ1n) is 3.54. The van der Waals surface area contributed by atoms with Crippen molar-refractivity contribution in [1.82, 2.24) is 5.32 Å². The molecule has 0 saturated carbocycles. The van der Waals surface area contributed by atoms with Crippen LogP contribution in [0.3, 0.4) is 0 Å². The molecule has 0 aromatic heterocycles. The summed E-state index contributed by atoms with van der Waals surface area (Å²) in [5.41, 5.74) is 2.02. The van der Waals surface area contributed by atoms with E-state index in [1.165, 1.54) is 0 Å². The highest BCUT2D eigenvalue weighted by Crippen LogP contribution is 1.97. The smallest absolute Gasteiger partial charge is 0.0551 e. The molecule has 0 aliphatic rings. The van der Waals surface area contributed by atoms with Crippen LogP contribution in [0, 0.1) is 0 Å². The summed E-state index contributed by atoms with van der Waals surface area (Å²) < 4.78 is 0. The lowest BCUT2D eigenvalue weighted by atomic mass is 10.4. The average molecular weight is 142 g/mol. The Morgan fingerprint density at radius 1 is 1.30 bits per heavy atom. The molecule has 1 N–H and O–H groups in total. The first kappa shape index (κ1) is 11.9. The van der Waals surface area contributed by atoms with Crippen LogP contribution in [0.25, 0.3) is 0 Å². The van der Waals surface area contributed by atoms with Crippen LogP contribution in [0.5, 0.6) is 0 Å². The highest BCUT2D eigenvalue weighted by atomic mass is 14.9. The Balaban J connectivity index is 0. The molecule has 10 heavy (non-hydrogen) atoms. The fraction of sp³-hybridized carbons (Fsp3) is 0.625. The lowest BCUT2D eigenvalue weighted by molar-refractivity contribution is 0.951. The van der Waals surface area contributed by atoms with Gasteiger partial charge in [0.15, 0.2) is 0 Å². The third-order valence-electron chi connectivity index (χ3n) is 1.15. The maximum absolute atomic E-state index is 3.73. The van der Waals surface area contributed by atoms with Crippen LogP contribution in [-0.4, -0.2) is 13.8 Å². The molecule has 60 valence electrons. The predicted octanol–water partition coefficient (Wildman–Crippen LogP) is 2.18. The lowest BCUT2D eigenvalue weighted by Crippen LogP contribution is -2.02. The Kier molecular flexibility index (Phi) is 9.80. The monoisotopic (exact) mass is 142 g/mol. The van der Waals surface area contributed by atoms with E-state index in [0.29, 0.717) is 0 Å². The molecule has 0 bridgehead atoms. The fourth-order valence-corrected chi connectivity index (χ4v) is 0.299. The highest BCUT2D eigenvalue weighted by molar-refractivity contribution is 5.29. The van der Waals surface area contributed by atoms with Crippen molar-refractivity contribution in [2.24, 2.45) is 4.99 Å². The van der Waals surface area contributed by atoms with Crippen molar-refractivity contribution in [3.63, 3.8) is 0 Å². The van der Waals surface area contributed by atoms with Crippen LogP contribution in [0.1, 0.15) is 27.7 Å². The maximum atomic E-state index is 3.73. The van der Waals surface area contributed by atoms with Crippen molar-refractivity contribution in [2.75, 3.05) is 7.05 Å². The van der Waals surface area contributed by atoms with Gasteiger partial charge in [-0.15, -0.1) is 0 Å². The van der Waals surface area contributed by atoms with Gasteiger partial charge in [-0.3, -0.25) is 4.99 Å². The number of nitrogens with zero attached hydrogens (tertiary/aromatic N) is 1. The molecule has 0 aromatic rings. The Morgan fingerprint density at radius 2 is 1.70 bits per heavy atom. The van der Waals surface area contributed by atoms with Crippen molar-refractivity contribution >= 4 is 6.72 Å². The van der Waals surface area contributed by atoms with Gasteiger partial charge in [-0.25, -0.2) is 0 Å². The van der Waals surface area contributed by atoms with Gasteiger partial charge in [0.05, 0.1) is 5.70 Å². The number of rotatable bonds is 2. The molecule has 0 spiro atoms. The zero-order valence-electron chi connectivity index (χ0n) is 7.65. The standard InChI is InChI=1S/C6H12N2.C2H6/c1-5(7-3)6(2)8-4;1-2/h8H,3H2,1-2,4H3;1-2H3/b6-5-;. The van der Waals surface area contributed by atoms with Crippen LogP contribution in [0.2, 0.25) is 0 Å². The van der Waals surface area contributed by atoms with Gasteiger partial charge in [0.2, 0.25) is 0 Å². The second-order valence-corrected chi connectivity index (χ2v) is 1.62. The minimum atomic E-state index is 0.951. The minimum absolute atomic E-state index is 0.951. The molecule has 2 nitrogen and oxygen atoms in total. The summed E-state index contributed by atoms with van der Waals surface area (Å²) in [6.45, 7) is 11.3. The number of nitrogens with one attached hydrogen (secondary N) is 1. The van der Waals surface area contributed by atoms with Crippen LogP contribution in [0.15, 0.2) is 16.4 Å². The molecule has 0 amide bonds. The fourth-order valence-electron chi connectivity index (χ4n) is 0.299. The van der Waals surface area contributed by atoms with E-state index < -0.39 is 0 Å². The van der Waals surface area contributed by atoms with E-state index in [1.807, 2.05) is 34.7 Å². The molecule has 0 aliphatic carbocycles. The largest absolute Gasteiger partial charge is 0.390 e. The molecule has 0 unspecified atom stereocenters. The summed E-state index contributed by atoms with van der Waals surface area (Å²) in [7, 11) is 1.87. The molecular formula is C8H18N2. The van der Waals surface area contributed by atoms with E-state index in [0.717, 1.165) is 11.4 Å². The van der Waals surface area contributed by atoms with Gasteiger partial charge in [0.1, 0.15) is 0 Å². The average Bonchev–Trinajstić information content (AvgIpc) is 2.05. The van der Waals surface area contributed by atoms with Crippen LogP contribution >= 0.6 is 0 Å². The third kappa shape index (κ3) is 5.35. The summed E-state index contributed by atoms with van der Waals surface area (Å²) in [6, 6.07) is 0. The quantitative estimate of drug-likeness (QED) is 0.587. The molecule has 0 rings (SSSR count). The van der Waals surface area contributed by atoms with Gasteiger partial charge in [0, 0.05) is 12.7 Å². The van der Waals surface area contributed by atoms with Crippen LogP contribution in [0.4, 0.5) is 0 Å². The summed E-state index contributed by atoms with van der Waals surface area (Å²) in [4.78, 5) is 3.73. The third-order valence-corrected chi connectivity index (χ3v) is 1.15. The second kappa shape index (κ2) is 8.21. The van der Waals surface area contributed by atoms with Crippen molar-refractivity contribution in [3.8, 4) is 0 Å². The van der Waals surface area contributed by atoms with Crippen LogP contribution < -0.4 is 5.32 Å². The zero-order valence-corrected chi connectivity index (χ0v) is 7.65. The topological polar surface area (TPSA) is 24.4 Å². The van der Waals surface area contributed by atoms with Crippen molar-refractivity contribution in [1.29, 1.82) is 0 Å². The second-order valence-electron chi connectivity index (χ2n) is 1.62. The highest BCUT2D eigenvalue weighted by Gasteiger charge is 1.85. The van der Waals surface area contributed by atoms with Gasteiger partial charge < -0.3 is 5.32 Å².